The molecule has 0 aliphatic heterocycles. The second-order valence-corrected chi connectivity index (χ2v) is 33.3. The smallest absolute Gasteiger partial charge is 0.462 e. The average Bonchev–Trinajstić information content (AvgIpc) is 0.950. The summed E-state index contributed by atoms with van der Waals surface area (Å²) in [4.78, 5) is 72.9. The van der Waals surface area contributed by atoms with Crippen molar-refractivity contribution in [3.8, 4) is 0 Å². The van der Waals surface area contributed by atoms with Gasteiger partial charge in [-0.3, -0.25) is 37.3 Å². The summed E-state index contributed by atoms with van der Waals surface area (Å²) in [5, 5.41) is 10.6. The van der Waals surface area contributed by atoms with Crippen molar-refractivity contribution < 1.29 is 80.2 Å². The van der Waals surface area contributed by atoms with Gasteiger partial charge in [0.15, 0.2) is 12.2 Å². The third kappa shape index (κ3) is 72.4. The van der Waals surface area contributed by atoms with Crippen LogP contribution in [-0.4, -0.2) is 96.7 Å². The van der Waals surface area contributed by atoms with E-state index in [9.17, 15) is 43.2 Å². The molecule has 0 aromatic carbocycles. The van der Waals surface area contributed by atoms with E-state index in [-0.39, 0.29) is 25.7 Å². The van der Waals surface area contributed by atoms with Crippen LogP contribution < -0.4 is 0 Å². The third-order valence-electron chi connectivity index (χ3n) is 18.3. The molecule has 0 rings (SSSR count). The number of ether oxygens (including phenoxy) is 4. The predicted octanol–water partition coefficient (Wildman–Crippen LogP) is 23.2. The predicted molar refractivity (Wildman–Crippen MR) is 400 cm³/mol. The summed E-state index contributed by atoms with van der Waals surface area (Å²) in [7, 11) is -9.92. The first-order valence-corrected chi connectivity index (χ1v) is 43.7. The quantitative estimate of drug-likeness (QED) is 0.0222. The molecule has 0 radical (unpaired) electrons. The zero-order chi connectivity index (χ0) is 72.4. The van der Waals surface area contributed by atoms with Crippen LogP contribution in [0.5, 0.6) is 0 Å². The van der Waals surface area contributed by atoms with Gasteiger partial charge in [0.2, 0.25) is 0 Å². The fourth-order valence-electron chi connectivity index (χ4n) is 12.1. The standard InChI is InChI=1S/C79H154O17P2/c1-69(2)55-47-39-31-25-19-15-13-11-9-10-12-14-16-21-29-35-45-53-61-78(83)95-74(65-89-76(81)59-51-43-34-28-24-23-27-33-41-49-57-71(5)6)67-93-97(85,86)91-63-73(80)64-92-98(87,88)94-68-75(66-90-77(82)60-52-44-38-37-42-50-58-72(7)8)96-79(84)62-54-46-36-30-22-18-17-20-26-32-40-48-56-70(3)4/h69-75,80H,9-68H2,1-8H3,(H,85,86)(H,87,88)/t73-,74-,75-/m1/s1. The number of carbonyl (C=O) groups is 4. The first-order valence-electron chi connectivity index (χ1n) is 40.7. The van der Waals surface area contributed by atoms with Crippen LogP contribution in [0.4, 0.5) is 0 Å². The van der Waals surface area contributed by atoms with Gasteiger partial charge in [-0.25, -0.2) is 9.13 Å². The number of hydrogen-bond donors (Lipinski definition) is 3. The molecular formula is C79H154O17P2. The maximum Gasteiger partial charge on any atom is 0.472 e. The highest BCUT2D eigenvalue weighted by Crippen LogP contribution is 2.45. The number of esters is 4. The minimum Gasteiger partial charge on any atom is -0.462 e. The van der Waals surface area contributed by atoms with E-state index in [4.69, 9.17) is 37.0 Å². The summed E-state index contributed by atoms with van der Waals surface area (Å²) in [5.41, 5.74) is 0. The highest BCUT2D eigenvalue weighted by atomic mass is 31.2. The topological polar surface area (TPSA) is 237 Å². The van der Waals surface area contributed by atoms with Crippen LogP contribution in [0.15, 0.2) is 0 Å². The second-order valence-electron chi connectivity index (χ2n) is 30.4. The Labute approximate surface area is 600 Å². The van der Waals surface area contributed by atoms with Gasteiger partial charge in [0.05, 0.1) is 26.4 Å². The molecule has 0 saturated heterocycles. The third-order valence-corrected chi connectivity index (χ3v) is 20.2. The number of aliphatic hydroxyl groups is 1. The molecule has 19 heteroatoms. The van der Waals surface area contributed by atoms with Crippen molar-refractivity contribution in [2.45, 2.75) is 420 Å². The maximum atomic E-state index is 13.1. The van der Waals surface area contributed by atoms with Crippen molar-refractivity contribution >= 4 is 39.5 Å². The molecule has 0 saturated carbocycles. The molecule has 0 bridgehead atoms. The van der Waals surface area contributed by atoms with Crippen molar-refractivity contribution in [1.82, 2.24) is 0 Å². The summed E-state index contributed by atoms with van der Waals surface area (Å²) in [6.45, 7) is 14.2. The number of carbonyl (C=O) groups excluding carboxylic acids is 4. The van der Waals surface area contributed by atoms with Gasteiger partial charge >= 0.3 is 39.5 Å². The molecule has 17 nitrogen and oxygen atoms in total. The van der Waals surface area contributed by atoms with Gasteiger partial charge in [0.25, 0.3) is 0 Å². The fraction of sp³-hybridized carbons (Fsp3) is 0.949. The molecular weight excluding hydrogens is 1280 g/mol. The van der Waals surface area contributed by atoms with E-state index in [0.29, 0.717) is 31.6 Å². The summed E-state index contributed by atoms with van der Waals surface area (Å²) < 4.78 is 68.6. The van der Waals surface area contributed by atoms with Gasteiger partial charge in [-0.2, -0.15) is 0 Å². The molecule has 2 unspecified atom stereocenters. The van der Waals surface area contributed by atoms with Crippen LogP contribution >= 0.6 is 15.6 Å². The van der Waals surface area contributed by atoms with Crippen molar-refractivity contribution in [2.24, 2.45) is 23.7 Å². The molecule has 5 atom stereocenters. The highest BCUT2D eigenvalue weighted by molar-refractivity contribution is 7.47. The lowest BCUT2D eigenvalue weighted by molar-refractivity contribution is -0.161. The minimum absolute atomic E-state index is 0.105. The Morgan fingerprint density at radius 2 is 0.429 bits per heavy atom. The summed E-state index contributed by atoms with van der Waals surface area (Å²) >= 11 is 0. The van der Waals surface area contributed by atoms with Gasteiger partial charge in [-0.15, -0.1) is 0 Å². The number of hydrogen-bond acceptors (Lipinski definition) is 15. The van der Waals surface area contributed by atoms with Crippen LogP contribution in [0, 0.1) is 23.7 Å². The average molecular weight is 1440 g/mol. The Kier molecular flexibility index (Phi) is 66.8. The number of phosphoric ester groups is 2. The van der Waals surface area contributed by atoms with Crippen molar-refractivity contribution in [2.75, 3.05) is 39.6 Å². The van der Waals surface area contributed by atoms with Crippen molar-refractivity contribution in [3.05, 3.63) is 0 Å². The lowest BCUT2D eigenvalue weighted by Crippen LogP contribution is -2.30. The molecule has 0 amide bonds. The number of phosphoric acid groups is 2. The number of unbranched alkanes of at least 4 members (excludes halogenated alkanes) is 42. The Hall–Kier alpha value is -1.94. The van der Waals surface area contributed by atoms with Crippen LogP contribution in [0.1, 0.15) is 402 Å². The van der Waals surface area contributed by atoms with E-state index in [2.05, 4.69) is 55.4 Å². The van der Waals surface area contributed by atoms with E-state index in [0.717, 1.165) is 114 Å². The first-order chi connectivity index (χ1) is 47.1. The minimum atomic E-state index is -4.96. The fourth-order valence-corrected chi connectivity index (χ4v) is 13.7. The molecule has 0 heterocycles. The van der Waals surface area contributed by atoms with Gasteiger partial charge < -0.3 is 33.8 Å². The SMILES string of the molecule is CC(C)CCCCCCCCCCCCCCCCCCCCC(=O)O[C@H](COC(=O)CCCCCCCCCCCCC(C)C)COP(=O)(O)OC[C@@H](O)COP(=O)(O)OC[C@@H](COC(=O)CCCCCCCCC(C)C)OC(=O)CCCCCCCCCCCCCCC(C)C. The zero-order valence-electron chi connectivity index (χ0n) is 64.4. The normalized spacial score (nSPS) is 14.1. The van der Waals surface area contributed by atoms with Crippen LogP contribution in [0.3, 0.4) is 0 Å². The Morgan fingerprint density at radius 3 is 0.633 bits per heavy atom. The van der Waals surface area contributed by atoms with E-state index >= 15 is 0 Å². The Morgan fingerprint density at radius 1 is 0.255 bits per heavy atom. The Balaban J connectivity index is 5.20. The molecule has 0 aliphatic rings. The maximum absolute atomic E-state index is 13.1. The number of rotatable bonds is 76. The van der Waals surface area contributed by atoms with Gasteiger partial charge in [-0.05, 0) is 49.4 Å². The molecule has 0 aliphatic carbocycles. The lowest BCUT2D eigenvalue weighted by atomic mass is 10.0. The first kappa shape index (κ1) is 96.1. The molecule has 0 aromatic heterocycles. The lowest BCUT2D eigenvalue weighted by Gasteiger charge is -2.21. The molecule has 3 N–H and O–H groups in total. The van der Waals surface area contributed by atoms with Crippen LogP contribution in [-0.2, 0) is 65.4 Å². The van der Waals surface area contributed by atoms with E-state index < -0.39 is 97.5 Å². The Bertz CT molecular complexity index is 1920. The van der Waals surface area contributed by atoms with E-state index in [1.807, 2.05) is 0 Å². The van der Waals surface area contributed by atoms with Crippen molar-refractivity contribution in [1.29, 1.82) is 0 Å². The highest BCUT2D eigenvalue weighted by Gasteiger charge is 2.30. The molecule has 0 spiro atoms. The largest absolute Gasteiger partial charge is 0.472 e. The van der Waals surface area contributed by atoms with E-state index in [1.54, 1.807) is 0 Å². The summed E-state index contributed by atoms with van der Waals surface area (Å²) in [6.07, 6.45) is 54.3. The van der Waals surface area contributed by atoms with Gasteiger partial charge in [-0.1, -0.05) is 351 Å². The van der Waals surface area contributed by atoms with Gasteiger partial charge in [0.1, 0.15) is 19.3 Å². The molecule has 0 aromatic rings. The van der Waals surface area contributed by atoms with Crippen molar-refractivity contribution in [3.63, 3.8) is 0 Å². The van der Waals surface area contributed by atoms with Gasteiger partial charge in [0, 0.05) is 25.7 Å². The second kappa shape index (κ2) is 68.2. The van der Waals surface area contributed by atoms with E-state index in [1.165, 1.54) is 199 Å². The van der Waals surface area contributed by atoms with Crippen LogP contribution in [0.25, 0.3) is 0 Å². The summed E-state index contributed by atoms with van der Waals surface area (Å²) in [5.74, 6) is 0.916. The molecule has 0 fully saturated rings. The monoisotopic (exact) mass is 1440 g/mol. The van der Waals surface area contributed by atoms with Crippen LogP contribution in [0.2, 0.25) is 0 Å². The molecule has 582 valence electrons. The molecule has 98 heavy (non-hydrogen) atoms. The zero-order valence-corrected chi connectivity index (χ0v) is 66.2. The number of aliphatic hydroxyl groups excluding tert-OH is 1. The summed E-state index contributed by atoms with van der Waals surface area (Å²) in [6, 6.07) is 0.